The van der Waals surface area contributed by atoms with Crippen LogP contribution in [-0.4, -0.2) is 34.5 Å². The maximum atomic E-state index is 11.2. The fourth-order valence-electron chi connectivity index (χ4n) is 1.02. The molecule has 2 N–H and O–H groups in total. The Bertz CT molecular complexity index is 324. The molecule has 6 heteroatoms. The largest absolute Gasteiger partial charge is 0.461 e. The van der Waals surface area contributed by atoms with Crippen molar-refractivity contribution in [3.8, 4) is 0 Å². The number of aromatic nitrogens is 2. The monoisotopic (exact) mass is 214 g/mol. The first-order chi connectivity index (χ1) is 7.19. The SMILES string of the molecule is CCOC(=O)c1cc([C@@H](O)OCC)[nH]n1. The van der Waals surface area contributed by atoms with E-state index in [0.29, 0.717) is 12.3 Å². The minimum Gasteiger partial charge on any atom is -0.461 e. The average molecular weight is 214 g/mol. The second-order valence-corrected chi connectivity index (χ2v) is 2.74. The minimum atomic E-state index is -1.09. The standard InChI is InChI=1S/C9H14N2O4/c1-3-14-8(12)6-5-7(11-10-6)9(13)15-4-2/h5,8,12H,3-4H2,1-2H3,(H,10,11)/t8-/m0/s1. The smallest absolute Gasteiger partial charge is 0.358 e. The summed E-state index contributed by atoms with van der Waals surface area (Å²) in [5.74, 6) is -0.524. The van der Waals surface area contributed by atoms with E-state index in [4.69, 9.17) is 9.47 Å². The number of aromatic amines is 1. The van der Waals surface area contributed by atoms with Gasteiger partial charge in [0.2, 0.25) is 0 Å². The molecule has 0 spiro atoms. The van der Waals surface area contributed by atoms with E-state index in [-0.39, 0.29) is 12.3 Å². The van der Waals surface area contributed by atoms with E-state index in [2.05, 4.69) is 10.2 Å². The molecule has 15 heavy (non-hydrogen) atoms. The number of esters is 1. The molecule has 0 amide bonds. The molecule has 1 aromatic heterocycles. The zero-order chi connectivity index (χ0) is 11.3. The van der Waals surface area contributed by atoms with Gasteiger partial charge in [0.15, 0.2) is 12.0 Å². The van der Waals surface area contributed by atoms with Gasteiger partial charge in [-0.2, -0.15) is 5.10 Å². The normalized spacial score (nSPS) is 12.5. The molecule has 1 aromatic rings. The van der Waals surface area contributed by atoms with Crippen LogP contribution in [0.2, 0.25) is 0 Å². The Morgan fingerprint density at radius 1 is 1.60 bits per heavy atom. The van der Waals surface area contributed by atoms with E-state index in [1.165, 1.54) is 6.07 Å². The van der Waals surface area contributed by atoms with Crippen LogP contribution in [0.5, 0.6) is 0 Å². The molecule has 6 nitrogen and oxygen atoms in total. The van der Waals surface area contributed by atoms with Gasteiger partial charge in [0, 0.05) is 6.61 Å². The highest BCUT2D eigenvalue weighted by Crippen LogP contribution is 2.12. The van der Waals surface area contributed by atoms with Crippen LogP contribution >= 0.6 is 0 Å². The van der Waals surface area contributed by atoms with Crippen molar-refractivity contribution < 1.29 is 19.4 Å². The Hall–Kier alpha value is -1.40. The summed E-state index contributed by atoms with van der Waals surface area (Å²) in [7, 11) is 0. The second kappa shape index (κ2) is 5.47. The van der Waals surface area contributed by atoms with Gasteiger partial charge in [0.1, 0.15) is 0 Å². The summed E-state index contributed by atoms with van der Waals surface area (Å²) < 4.78 is 9.65. The van der Waals surface area contributed by atoms with Gasteiger partial charge in [-0.1, -0.05) is 0 Å². The fraction of sp³-hybridized carbons (Fsp3) is 0.556. The summed E-state index contributed by atoms with van der Waals surface area (Å²) >= 11 is 0. The van der Waals surface area contributed by atoms with Crippen molar-refractivity contribution in [3.05, 3.63) is 17.5 Å². The number of hydrogen-bond donors (Lipinski definition) is 2. The highest BCUT2D eigenvalue weighted by atomic mass is 16.6. The van der Waals surface area contributed by atoms with Crippen molar-refractivity contribution in [2.75, 3.05) is 13.2 Å². The van der Waals surface area contributed by atoms with Crippen LogP contribution in [-0.2, 0) is 9.47 Å². The number of hydrogen-bond acceptors (Lipinski definition) is 5. The Morgan fingerprint density at radius 2 is 2.33 bits per heavy atom. The molecule has 0 aliphatic rings. The number of ether oxygens (including phenoxy) is 2. The summed E-state index contributed by atoms with van der Waals surface area (Å²) in [6.07, 6.45) is -1.09. The summed E-state index contributed by atoms with van der Waals surface area (Å²) in [6, 6.07) is 1.40. The van der Waals surface area contributed by atoms with Crippen LogP contribution < -0.4 is 0 Å². The van der Waals surface area contributed by atoms with Gasteiger partial charge in [-0.05, 0) is 19.9 Å². The molecule has 1 rings (SSSR count). The first-order valence-corrected chi connectivity index (χ1v) is 4.71. The van der Waals surface area contributed by atoms with Crippen molar-refractivity contribution in [1.29, 1.82) is 0 Å². The summed E-state index contributed by atoms with van der Waals surface area (Å²) in [5, 5.41) is 15.6. The van der Waals surface area contributed by atoms with Crippen LogP contribution in [0.15, 0.2) is 6.07 Å². The van der Waals surface area contributed by atoms with E-state index in [0.717, 1.165) is 0 Å². The highest BCUT2D eigenvalue weighted by Gasteiger charge is 2.15. The number of aliphatic hydroxyl groups excluding tert-OH is 1. The van der Waals surface area contributed by atoms with Crippen molar-refractivity contribution >= 4 is 5.97 Å². The van der Waals surface area contributed by atoms with Gasteiger partial charge in [0.25, 0.3) is 0 Å². The molecule has 1 heterocycles. The Balaban J connectivity index is 2.67. The second-order valence-electron chi connectivity index (χ2n) is 2.74. The molecule has 0 saturated carbocycles. The molecule has 0 bridgehead atoms. The highest BCUT2D eigenvalue weighted by molar-refractivity contribution is 5.87. The van der Waals surface area contributed by atoms with Crippen LogP contribution in [0, 0.1) is 0 Å². The Morgan fingerprint density at radius 3 is 2.93 bits per heavy atom. The zero-order valence-corrected chi connectivity index (χ0v) is 8.69. The van der Waals surface area contributed by atoms with Crippen LogP contribution in [0.3, 0.4) is 0 Å². The summed E-state index contributed by atoms with van der Waals surface area (Å²) in [5.41, 5.74) is 0.463. The van der Waals surface area contributed by atoms with Crippen molar-refractivity contribution in [1.82, 2.24) is 10.2 Å². The predicted octanol–water partition coefficient (Wildman–Crippen LogP) is 0.614. The van der Waals surface area contributed by atoms with Gasteiger partial charge in [-0.15, -0.1) is 0 Å². The number of carbonyl (C=O) groups is 1. The lowest BCUT2D eigenvalue weighted by atomic mass is 10.3. The predicted molar refractivity (Wildman–Crippen MR) is 51.1 cm³/mol. The molecule has 0 aliphatic carbocycles. The molecular weight excluding hydrogens is 200 g/mol. The Kier molecular flexibility index (Phi) is 4.26. The third-order valence-corrected chi connectivity index (χ3v) is 1.67. The van der Waals surface area contributed by atoms with Gasteiger partial charge in [-0.3, -0.25) is 5.10 Å². The molecule has 1 atom stereocenters. The third-order valence-electron chi connectivity index (χ3n) is 1.67. The fourth-order valence-corrected chi connectivity index (χ4v) is 1.02. The van der Waals surface area contributed by atoms with E-state index >= 15 is 0 Å². The van der Waals surface area contributed by atoms with E-state index < -0.39 is 12.3 Å². The number of H-pyrrole nitrogens is 1. The first-order valence-electron chi connectivity index (χ1n) is 4.71. The molecule has 0 unspecified atom stereocenters. The average Bonchev–Trinajstić information content (AvgIpc) is 2.67. The number of nitrogens with one attached hydrogen (secondary N) is 1. The molecule has 84 valence electrons. The van der Waals surface area contributed by atoms with Crippen molar-refractivity contribution in [2.24, 2.45) is 0 Å². The number of rotatable bonds is 5. The number of carbonyl (C=O) groups excluding carboxylic acids is 1. The van der Waals surface area contributed by atoms with Gasteiger partial charge in [0.05, 0.1) is 12.3 Å². The zero-order valence-electron chi connectivity index (χ0n) is 8.69. The lowest BCUT2D eigenvalue weighted by molar-refractivity contribution is -0.101. The van der Waals surface area contributed by atoms with Crippen LogP contribution in [0.4, 0.5) is 0 Å². The lowest BCUT2D eigenvalue weighted by Gasteiger charge is -2.06. The van der Waals surface area contributed by atoms with Gasteiger partial charge >= 0.3 is 5.97 Å². The molecule has 0 fully saturated rings. The van der Waals surface area contributed by atoms with Crippen molar-refractivity contribution in [2.45, 2.75) is 20.1 Å². The van der Waals surface area contributed by atoms with E-state index in [1.807, 2.05) is 0 Å². The maximum absolute atomic E-state index is 11.2. The van der Waals surface area contributed by atoms with Crippen LogP contribution in [0.25, 0.3) is 0 Å². The summed E-state index contributed by atoms with van der Waals surface area (Å²) in [4.78, 5) is 11.2. The quantitative estimate of drug-likeness (QED) is 0.554. The van der Waals surface area contributed by atoms with Crippen LogP contribution in [0.1, 0.15) is 36.3 Å². The Labute approximate surface area is 87.2 Å². The molecule has 0 saturated heterocycles. The number of nitrogens with zero attached hydrogens (tertiary/aromatic N) is 1. The summed E-state index contributed by atoms with van der Waals surface area (Å²) in [6.45, 7) is 4.12. The van der Waals surface area contributed by atoms with Gasteiger partial charge in [-0.25, -0.2) is 4.79 Å². The molecular formula is C9H14N2O4. The molecule has 0 aromatic carbocycles. The minimum absolute atomic E-state index is 0.130. The van der Waals surface area contributed by atoms with Gasteiger partial charge < -0.3 is 14.6 Å². The lowest BCUT2D eigenvalue weighted by Crippen LogP contribution is -2.05. The number of aliphatic hydroxyl groups is 1. The van der Waals surface area contributed by atoms with E-state index in [1.54, 1.807) is 13.8 Å². The van der Waals surface area contributed by atoms with E-state index in [9.17, 15) is 9.90 Å². The topological polar surface area (TPSA) is 84.4 Å². The van der Waals surface area contributed by atoms with Crippen molar-refractivity contribution in [3.63, 3.8) is 0 Å². The third kappa shape index (κ3) is 3.03. The first kappa shape index (κ1) is 11.7. The molecule has 0 aliphatic heterocycles. The maximum Gasteiger partial charge on any atom is 0.358 e. The molecule has 0 radical (unpaired) electrons.